The maximum Gasteiger partial charge on any atom is 0.219 e. The lowest BCUT2D eigenvalue weighted by molar-refractivity contribution is -0.133. The van der Waals surface area contributed by atoms with Gasteiger partial charge in [-0.2, -0.15) is 0 Å². The first-order valence-corrected chi connectivity index (χ1v) is 9.11. The van der Waals surface area contributed by atoms with Crippen LogP contribution in [0.4, 0.5) is 0 Å². The van der Waals surface area contributed by atoms with Crippen LogP contribution in [0, 0.1) is 11.3 Å². The molecular weight excluding hydrogens is 300 g/mol. The van der Waals surface area contributed by atoms with E-state index >= 15 is 0 Å². The van der Waals surface area contributed by atoms with Crippen molar-refractivity contribution >= 4 is 5.91 Å². The molecule has 0 radical (unpaired) electrons. The van der Waals surface area contributed by atoms with Crippen LogP contribution in [0.2, 0.25) is 0 Å². The van der Waals surface area contributed by atoms with Gasteiger partial charge in [0.1, 0.15) is 0 Å². The molecule has 4 heteroatoms. The topological polar surface area (TPSA) is 43.8 Å². The summed E-state index contributed by atoms with van der Waals surface area (Å²) in [5.74, 6) is 1.10. The molecule has 2 saturated heterocycles. The lowest BCUT2D eigenvalue weighted by atomic mass is 9.73. The minimum atomic E-state index is -0.0240. The van der Waals surface area contributed by atoms with Gasteiger partial charge in [0.25, 0.3) is 0 Å². The highest BCUT2D eigenvalue weighted by Gasteiger charge is 2.49. The summed E-state index contributed by atoms with van der Waals surface area (Å²) in [6.07, 6.45) is 0.913. The van der Waals surface area contributed by atoms with Gasteiger partial charge in [0.2, 0.25) is 5.91 Å². The molecule has 0 saturated carbocycles. The van der Waals surface area contributed by atoms with Crippen LogP contribution in [0.1, 0.15) is 44.2 Å². The average molecular weight is 330 g/mol. The minimum absolute atomic E-state index is 0.0240. The van der Waals surface area contributed by atoms with Gasteiger partial charge in [0.05, 0.1) is 6.61 Å². The molecule has 0 aromatic heterocycles. The van der Waals surface area contributed by atoms with Gasteiger partial charge in [-0.25, -0.2) is 0 Å². The Morgan fingerprint density at radius 2 is 2.00 bits per heavy atom. The third kappa shape index (κ3) is 3.35. The number of carbonyl (C=O) groups is 1. The Bertz CT molecular complexity index is 584. The Morgan fingerprint density at radius 3 is 2.58 bits per heavy atom. The van der Waals surface area contributed by atoms with E-state index in [1.807, 2.05) is 4.90 Å². The maximum absolute atomic E-state index is 11.7. The molecule has 1 aromatic carbocycles. The first-order chi connectivity index (χ1) is 11.4. The van der Waals surface area contributed by atoms with Crippen molar-refractivity contribution in [3.8, 4) is 0 Å². The lowest BCUT2D eigenvalue weighted by Gasteiger charge is -2.42. The summed E-state index contributed by atoms with van der Waals surface area (Å²) in [5.41, 5.74) is 2.68. The van der Waals surface area contributed by atoms with Crippen molar-refractivity contribution in [2.24, 2.45) is 11.3 Å². The van der Waals surface area contributed by atoms with Gasteiger partial charge in [-0.1, -0.05) is 38.1 Å². The monoisotopic (exact) mass is 330 g/mol. The van der Waals surface area contributed by atoms with Gasteiger partial charge in [0.15, 0.2) is 0 Å². The predicted octanol–water partition coefficient (Wildman–Crippen LogP) is 2.47. The number of aliphatic hydroxyl groups excluding tert-OH is 1. The van der Waals surface area contributed by atoms with E-state index < -0.39 is 0 Å². The molecule has 1 amide bonds. The van der Waals surface area contributed by atoms with Crippen molar-refractivity contribution < 1.29 is 9.90 Å². The quantitative estimate of drug-likeness (QED) is 0.922. The Morgan fingerprint density at radius 1 is 1.29 bits per heavy atom. The fourth-order valence-electron chi connectivity index (χ4n) is 4.32. The summed E-state index contributed by atoms with van der Waals surface area (Å²) in [6, 6.07) is 8.90. The van der Waals surface area contributed by atoms with Gasteiger partial charge in [-0.15, -0.1) is 0 Å². The number of fused-ring (bicyclic) bond motifs is 1. The number of hydrogen-bond acceptors (Lipinski definition) is 3. The van der Waals surface area contributed by atoms with Crippen LogP contribution < -0.4 is 0 Å². The number of likely N-dealkylation sites (tertiary alicyclic amines) is 2. The molecule has 0 aliphatic carbocycles. The summed E-state index contributed by atoms with van der Waals surface area (Å²) in [7, 11) is 0. The van der Waals surface area contributed by atoms with E-state index in [4.69, 9.17) is 0 Å². The molecule has 0 spiro atoms. The van der Waals surface area contributed by atoms with Gasteiger partial charge >= 0.3 is 0 Å². The third-order valence-electron chi connectivity index (χ3n) is 6.02. The van der Waals surface area contributed by atoms with Gasteiger partial charge in [-0.05, 0) is 29.4 Å². The van der Waals surface area contributed by atoms with E-state index in [1.54, 1.807) is 6.92 Å². The van der Waals surface area contributed by atoms with Crippen LogP contribution in [-0.4, -0.2) is 53.6 Å². The number of hydrogen-bond donors (Lipinski definition) is 1. The zero-order valence-electron chi connectivity index (χ0n) is 15.2. The Labute approximate surface area is 145 Å². The summed E-state index contributed by atoms with van der Waals surface area (Å²) < 4.78 is 0. The number of nitrogens with zero attached hydrogens (tertiary/aromatic N) is 2. The van der Waals surface area contributed by atoms with Crippen LogP contribution in [0.5, 0.6) is 0 Å². The van der Waals surface area contributed by atoms with Crippen LogP contribution in [0.3, 0.4) is 0 Å². The Hall–Kier alpha value is -1.39. The maximum atomic E-state index is 11.7. The van der Waals surface area contributed by atoms with E-state index in [0.29, 0.717) is 11.8 Å². The molecule has 2 atom stereocenters. The summed E-state index contributed by atoms with van der Waals surface area (Å²) >= 11 is 0. The molecule has 24 heavy (non-hydrogen) atoms. The number of benzene rings is 1. The smallest absolute Gasteiger partial charge is 0.219 e. The molecule has 1 aromatic rings. The van der Waals surface area contributed by atoms with Gasteiger partial charge < -0.3 is 10.0 Å². The normalized spacial score (nSPS) is 27.5. The molecule has 2 heterocycles. The first kappa shape index (κ1) is 17.4. The molecule has 2 aliphatic rings. The van der Waals surface area contributed by atoms with Gasteiger partial charge in [-0.3, -0.25) is 9.69 Å². The highest BCUT2D eigenvalue weighted by Crippen LogP contribution is 2.42. The third-order valence-corrected chi connectivity index (χ3v) is 6.02. The van der Waals surface area contributed by atoms with E-state index in [-0.39, 0.29) is 17.9 Å². The first-order valence-electron chi connectivity index (χ1n) is 9.11. The predicted molar refractivity (Wildman–Crippen MR) is 95.7 cm³/mol. The number of carbonyl (C=O) groups excluding carboxylic acids is 1. The molecule has 0 unspecified atom stereocenters. The Balaban J connectivity index is 1.67. The van der Waals surface area contributed by atoms with Crippen molar-refractivity contribution in [2.45, 2.75) is 39.7 Å². The van der Waals surface area contributed by atoms with E-state index in [1.165, 1.54) is 11.1 Å². The SMILES string of the molecule is CC(=O)N1CC[C@@]2(CO)CN(Cc3ccc(C(C)C)cc3)C[C@H]2C1. The second-order valence-electron chi connectivity index (χ2n) is 8.00. The standard InChI is InChI=1S/C20H30N2O2/c1-15(2)18-6-4-17(5-7-18)10-21-11-19-12-22(16(3)24)9-8-20(19,13-21)14-23/h4-7,15,19,23H,8-14H2,1-3H3/t19-,20-/m0/s1. The second-order valence-corrected chi connectivity index (χ2v) is 8.00. The van der Waals surface area contributed by atoms with Crippen molar-refractivity contribution in [3.05, 3.63) is 35.4 Å². The molecular formula is C20H30N2O2. The summed E-state index contributed by atoms with van der Waals surface area (Å²) in [5, 5.41) is 10.0. The van der Waals surface area contributed by atoms with E-state index in [9.17, 15) is 9.90 Å². The van der Waals surface area contributed by atoms with Crippen LogP contribution in [-0.2, 0) is 11.3 Å². The molecule has 2 aliphatic heterocycles. The van der Waals surface area contributed by atoms with E-state index in [0.717, 1.165) is 39.1 Å². The van der Waals surface area contributed by atoms with Crippen LogP contribution in [0.25, 0.3) is 0 Å². The molecule has 1 N–H and O–H groups in total. The van der Waals surface area contributed by atoms with Crippen molar-refractivity contribution in [2.75, 3.05) is 32.8 Å². The number of amides is 1. The Kier molecular flexibility index (Phi) is 4.97. The number of aliphatic hydroxyl groups is 1. The van der Waals surface area contributed by atoms with Crippen LogP contribution >= 0.6 is 0 Å². The fourth-order valence-corrected chi connectivity index (χ4v) is 4.32. The zero-order valence-corrected chi connectivity index (χ0v) is 15.2. The molecule has 132 valence electrons. The highest BCUT2D eigenvalue weighted by molar-refractivity contribution is 5.73. The zero-order chi connectivity index (χ0) is 17.3. The molecule has 2 fully saturated rings. The number of rotatable bonds is 4. The van der Waals surface area contributed by atoms with Gasteiger partial charge in [0, 0.05) is 45.1 Å². The average Bonchev–Trinajstić information content (AvgIpc) is 2.92. The highest BCUT2D eigenvalue weighted by atomic mass is 16.3. The molecule has 0 bridgehead atoms. The van der Waals surface area contributed by atoms with Crippen molar-refractivity contribution in [1.82, 2.24) is 9.80 Å². The fraction of sp³-hybridized carbons (Fsp3) is 0.650. The van der Waals surface area contributed by atoms with Crippen molar-refractivity contribution in [1.29, 1.82) is 0 Å². The lowest BCUT2D eigenvalue weighted by Crippen LogP contribution is -2.50. The molecule has 4 nitrogen and oxygen atoms in total. The van der Waals surface area contributed by atoms with Crippen LogP contribution in [0.15, 0.2) is 24.3 Å². The second kappa shape index (κ2) is 6.85. The molecule has 3 rings (SSSR count). The van der Waals surface area contributed by atoms with E-state index in [2.05, 4.69) is 43.0 Å². The van der Waals surface area contributed by atoms with Crippen molar-refractivity contribution in [3.63, 3.8) is 0 Å². The number of piperidine rings is 1. The summed E-state index contributed by atoms with van der Waals surface area (Å²) in [4.78, 5) is 16.1. The minimum Gasteiger partial charge on any atom is -0.396 e. The summed E-state index contributed by atoms with van der Waals surface area (Å²) in [6.45, 7) is 10.7. The largest absolute Gasteiger partial charge is 0.396 e.